The van der Waals surface area contributed by atoms with E-state index in [-0.39, 0.29) is 11.8 Å². The summed E-state index contributed by atoms with van der Waals surface area (Å²) >= 11 is 0. The van der Waals surface area contributed by atoms with Gasteiger partial charge in [-0.15, -0.1) is 0 Å². The van der Waals surface area contributed by atoms with E-state index in [0.717, 1.165) is 24.8 Å². The molecule has 1 spiro atoms. The quantitative estimate of drug-likeness (QED) is 0.847. The monoisotopic (exact) mass is 383 g/mol. The molecule has 28 heavy (non-hydrogen) atoms. The Kier molecular flexibility index (Phi) is 4.28. The van der Waals surface area contributed by atoms with Gasteiger partial charge in [-0.25, -0.2) is 0 Å². The van der Waals surface area contributed by atoms with Crippen LogP contribution in [-0.2, 0) is 4.79 Å². The first-order valence-electron chi connectivity index (χ1n) is 11.1. The van der Waals surface area contributed by atoms with Crippen LogP contribution in [-0.4, -0.2) is 41.7 Å². The van der Waals surface area contributed by atoms with Gasteiger partial charge in [-0.3, -0.25) is 4.79 Å². The Hall–Kier alpha value is -1.55. The average molecular weight is 384 g/mol. The number of ether oxygens (including phenoxy) is 1. The summed E-state index contributed by atoms with van der Waals surface area (Å²) in [7, 11) is 1.79. The molecule has 5 rings (SSSR count). The van der Waals surface area contributed by atoms with Gasteiger partial charge in [-0.2, -0.15) is 0 Å². The van der Waals surface area contributed by atoms with E-state index >= 15 is 0 Å². The largest absolute Gasteiger partial charge is 0.496 e. The minimum atomic E-state index is -0.614. The molecule has 4 fully saturated rings. The van der Waals surface area contributed by atoms with Crippen LogP contribution in [0.5, 0.6) is 5.75 Å². The van der Waals surface area contributed by atoms with E-state index in [4.69, 9.17) is 4.74 Å². The van der Waals surface area contributed by atoms with Crippen molar-refractivity contribution in [2.24, 2.45) is 11.3 Å². The molecule has 1 saturated heterocycles. The topological polar surface area (TPSA) is 49.8 Å². The standard InChI is InChI=1S/C24H33NO3/c1-23(27)12-19(13-23)22(26)25-14-24(15-25)9-7-16(8-10-24)18-5-6-20(17-3-4-17)21(11-18)28-2/h5-6,11,16-17,19,27H,3-4,7-10,12-15H2,1-2H3/t19-,23+. The summed E-state index contributed by atoms with van der Waals surface area (Å²) in [6, 6.07) is 6.92. The number of carbonyl (C=O) groups is 1. The van der Waals surface area contributed by atoms with Crippen LogP contribution in [0.1, 0.15) is 81.3 Å². The van der Waals surface area contributed by atoms with E-state index in [1.807, 2.05) is 11.8 Å². The van der Waals surface area contributed by atoms with Gasteiger partial charge in [0.25, 0.3) is 0 Å². The summed E-state index contributed by atoms with van der Waals surface area (Å²) in [5.41, 5.74) is 2.56. The third-order valence-corrected chi connectivity index (χ3v) is 7.88. The molecule has 0 atom stereocenters. The number of hydrogen-bond acceptors (Lipinski definition) is 3. The minimum absolute atomic E-state index is 0.0566. The Bertz CT molecular complexity index is 758. The third-order valence-electron chi connectivity index (χ3n) is 7.88. The molecule has 0 unspecified atom stereocenters. The van der Waals surface area contributed by atoms with Crippen molar-refractivity contribution < 1.29 is 14.6 Å². The van der Waals surface area contributed by atoms with Crippen LogP contribution >= 0.6 is 0 Å². The molecule has 152 valence electrons. The van der Waals surface area contributed by atoms with Crippen LogP contribution in [0.15, 0.2) is 18.2 Å². The summed E-state index contributed by atoms with van der Waals surface area (Å²) < 4.78 is 5.68. The lowest BCUT2D eigenvalue weighted by molar-refractivity contribution is -0.163. The van der Waals surface area contributed by atoms with Gasteiger partial charge in [0.1, 0.15) is 5.75 Å². The van der Waals surface area contributed by atoms with Crippen LogP contribution in [0.4, 0.5) is 0 Å². The number of nitrogens with zero attached hydrogens (tertiary/aromatic N) is 1. The lowest BCUT2D eigenvalue weighted by atomic mass is 9.63. The Balaban J connectivity index is 1.16. The maximum absolute atomic E-state index is 12.6. The van der Waals surface area contributed by atoms with Crippen molar-refractivity contribution in [1.82, 2.24) is 4.90 Å². The van der Waals surface area contributed by atoms with Crippen molar-refractivity contribution in [1.29, 1.82) is 0 Å². The highest BCUT2D eigenvalue weighted by molar-refractivity contribution is 5.81. The van der Waals surface area contributed by atoms with Gasteiger partial charge in [0, 0.05) is 24.4 Å². The van der Waals surface area contributed by atoms with Crippen LogP contribution in [0, 0.1) is 11.3 Å². The van der Waals surface area contributed by atoms with Gasteiger partial charge in [0.15, 0.2) is 0 Å². The second kappa shape index (κ2) is 6.48. The zero-order valence-electron chi connectivity index (χ0n) is 17.2. The third kappa shape index (κ3) is 3.24. The molecule has 3 saturated carbocycles. The summed E-state index contributed by atoms with van der Waals surface area (Å²) in [5, 5.41) is 9.89. The SMILES string of the molecule is COc1cc(C2CCC3(CC2)CN(C(=O)[C@H]2C[C@@](C)(O)C2)C3)ccc1C1CC1. The molecule has 1 amide bonds. The maximum atomic E-state index is 12.6. The highest BCUT2D eigenvalue weighted by atomic mass is 16.5. The molecule has 0 radical (unpaired) electrons. The number of hydrogen-bond donors (Lipinski definition) is 1. The molecular formula is C24H33NO3. The van der Waals surface area contributed by atoms with Crippen LogP contribution < -0.4 is 4.74 Å². The minimum Gasteiger partial charge on any atom is -0.496 e. The molecule has 1 aromatic carbocycles. The molecule has 3 aliphatic carbocycles. The van der Waals surface area contributed by atoms with E-state index in [0.29, 0.717) is 24.2 Å². The fourth-order valence-electron chi connectivity index (χ4n) is 5.95. The first-order valence-corrected chi connectivity index (χ1v) is 11.1. The summed E-state index contributed by atoms with van der Waals surface area (Å²) in [6.45, 7) is 3.70. The van der Waals surface area contributed by atoms with Gasteiger partial charge in [0.05, 0.1) is 12.7 Å². The van der Waals surface area contributed by atoms with Crippen molar-refractivity contribution in [3.05, 3.63) is 29.3 Å². The zero-order chi connectivity index (χ0) is 19.5. The summed E-state index contributed by atoms with van der Waals surface area (Å²) in [4.78, 5) is 14.6. The second-order valence-corrected chi connectivity index (χ2v) is 10.3. The molecule has 4 nitrogen and oxygen atoms in total. The molecule has 0 aromatic heterocycles. The first kappa shape index (κ1) is 18.5. The highest BCUT2D eigenvalue weighted by Gasteiger charge is 2.51. The molecule has 1 heterocycles. The average Bonchev–Trinajstić information content (AvgIpc) is 3.48. The molecule has 1 N–H and O–H groups in total. The Morgan fingerprint density at radius 3 is 2.36 bits per heavy atom. The van der Waals surface area contributed by atoms with Gasteiger partial charge in [-0.1, -0.05) is 12.1 Å². The lowest BCUT2D eigenvalue weighted by Crippen LogP contribution is -2.62. The maximum Gasteiger partial charge on any atom is 0.225 e. The molecule has 0 bridgehead atoms. The van der Waals surface area contributed by atoms with Crippen molar-refractivity contribution in [3.8, 4) is 5.75 Å². The van der Waals surface area contributed by atoms with Crippen molar-refractivity contribution in [2.75, 3.05) is 20.2 Å². The normalized spacial score (nSPS) is 32.0. The number of amides is 1. The number of rotatable bonds is 4. The van der Waals surface area contributed by atoms with E-state index in [1.54, 1.807) is 7.11 Å². The number of likely N-dealkylation sites (tertiary alicyclic amines) is 1. The van der Waals surface area contributed by atoms with Gasteiger partial charge >= 0.3 is 0 Å². The number of aliphatic hydroxyl groups is 1. The molecule has 4 aliphatic rings. The highest BCUT2D eigenvalue weighted by Crippen LogP contribution is 2.51. The predicted molar refractivity (Wildman–Crippen MR) is 109 cm³/mol. The molecule has 4 heteroatoms. The van der Waals surface area contributed by atoms with Crippen LogP contribution in [0.2, 0.25) is 0 Å². The van der Waals surface area contributed by atoms with Crippen LogP contribution in [0.3, 0.4) is 0 Å². The Morgan fingerprint density at radius 1 is 1.11 bits per heavy atom. The number of carbonyl (C=O) groups excluding carboxylic acids is 1. The van der Waals surface area contributed by atoms with Gasteiger partial charge < -0.3 is 14.7 Å². The number of benzene rings is 1. The first-order chi connectivity index (χ1) is 13.4. The summed E-state index contributed by atoms with van der Waals surface area (Å²) in [6.07, 6.45) is 8.74. The van der Waals surface area contributed by atoms with E-state index in [1.165, 1.54) is 49.7 Å². The van der Waals surface area contributed by atoms with Gasteiger partial charge in [0.2, 0.25) is 5.91 Å². The van der Waals surface area contributed by atoms with Crippen molar-refractivity contribution >= 4 is 5.91 Å². The Morgan fingerprint density at radius 2 is 1.79 bits per heavy atom. The fraction of sp³-hybridized carbons (Fsp3) is 0.708. The molecular weight excluding hydrogens is 350 g/mol. The van der Waals surface area contributed by atoms with Crippen molar-refractivity contribution in [2.45, 2.75) is 75.7 Å². The summed E-state index contributed by atoms with van der Waals surface area (Å²) in [5.74, 6) is 2.76. The molecule has 1 aliphatic heterocycles. The zero-order valence-corrected chi connectivity index (χ0v) is 17.2. The smallest absolute Gasteiger partial charge is 0.225 e. The second-order valence-electron chi connectivity index (χ2n) is 10.3. The van der Waals surface area contributed by atoms with E-state index in [2.05, 4.69) is 18.2 Å². The van der Waals surface area contributed by atoms with E-state index < -0.39 is 5.60 Å². The van der Waals surface area contributed by atoms with Crippen LogP contribution in [0.25, 0.3) is 0 Å². The predicted octanol–water partition coefficient (Wildman–Crippen LogP) is 4.22. The fourth-order valence-corrected chi connectivity index (χ4v) is 5.95. The Labute approximate surface area is 168 Å². The van der Waals surface area contributed by atoms with E-state index in [9.17, 15) is 9.90 Å². The van der Waals surface area contributed by atoms with Gasteiger partial charge in [-0.05, 0) is 87.3 Å². The molecule has 1 aromatic rings. The van der Waals surface area contributed by atoms with Crippen molar-refractivity contribution in [3.63, 3.8) is 0 Å². The number of methoxy groups -OCH3 is 1. The lowest BCUT2D eigenvalue weighted by Gasteiger charge is -2.55.